The van der Waals surface area contributed by atoms with Gasteiger partial charge in [-0.2, -0.15) is 0 Å². The molecule has 0 bridgehead atoms. The van der Waals surface area contributed by atoms with Crippen LogP contribution >= 0.6 is 11.6 Å². The number of benzene rings is 3. The Balaban J connectivity index is 1.60. The van der Waals surface area contributed by atoms with Crippen LogP contribution in [0, 0.1) is 6.92 Å². The average Bonchev–Trinajstić information content (AvgIpc) is 2.65. The highest BCUT2D eigenvalue weighted by Crippen LogP contribution is 2.23. The number of halogens is 1. The van der Waals surface area contributed by atoms with Crippen LogP contribution in [0.2, 0.25) is 5.02 Å². The molecule has 0 fully saturated rings. The lowest BCUT2D eigenvalue weighted by Crippen LogP contribution is -2.30. The minimum absolute atomic E-state index is 0.110. The van der Waals surface area contributed by atoms with Gasteiger partial charge in [-0.05, 0) is 47.9 Å². The number of ether oxygens (including phenoxy) is 1. The van der Waals surface area contributed by atoms with E-state index in [4.69, 9.17) is 16.3 Å². The van der Waals surface area contributed by atoms with Crippen molar-refractivity contribution in [3.8, 4) is 0 Å². The number of carbonyl (C=O) groups excluding carboxylic acids is 2. The fraction of sp³-hybridized carbons (Fsp3) is 0.182. The van der Waals surface area contributed by atoms with Crippen molar-refractivity contribution in [1.29, 1.82) is 0 Å². The second kappa shape index (κ2) is 8.23. The minimum atomic E-state index is -0.906. The van der Waals surface area contributed by atoms with E-state index in [9.17, 15) is 9.59 Å². The van der Waals surface area contributed by atoms with Crippen molar-refractivity contribution in [2.24, 2.45) is 0 Å². The first kappa shape index (κ1) is 18.9. The minimum Gasteiger partial charge on any atom is -0.452 e. The third-order valence-corrected chi connectivity index (χ3v) is 4.77. The molecule has 1 atom stereocenters. The standard InChI is InChI=1S/C22H20ClNO3/c1-14-19(23)8-5-9-20(14)24-22(26)15(2)27-21(25)13-16-10-11-17-6-3-4-7-18(17)12-16/h3-12,15H,13H2,1-2H3,(H,24,26)/t15-/m0/s1. The second-order valence-corrected chi connectivity index (χ2v) is 6.80. The van der Waals surface area contributed by atoms with Crippen molar-refractivity contribution in [2.75, 3.05) is 5.32 Å². The van der Waals surface area contributed by atoms with Gasteiger partial charge in [-0.1, -0.05) is 60.1 Å². The van der Waals surface area contributed by atoms with Crippen LogP contribution in [0.1, 0.15) is 18.1 Å². The Morgan fingerprint density at radius 2 is 1.78 bits per heavy atom. The number of anilines is 1. The molecule has 0 aliphatic carbocycles. The van der Waals surface area contributed by atoms with Crippen LogP contribution in [-0.2, 0) is 20.7 Å². The summed E-state index contributed by atoms with van der Waals surface area (Å²) in [6.45, 7) is 3.36. The van der Waals surface area contributed by atoms with Gasteiger partial charge in [0.15, 0.2) is 6.10 Å². The summed E-state index contributed by atoms with van der Waals surface area (Å²) in [4.78, 5) is 24.5. The van der Waals surface area contributed by atoms with Crippen LogP contribution in [-0.4, -0.2) is 18.0 Å². The molecule has 4 nitrogen and oxygen atoms in total. The van der Waals surface area contributed by atoms with Crippen molar-refractivity contribution in [2.45, 2.75) is 26.4 Å². The summed E-state index contributed by atoms with van der Waals surface area (Å²) in [5.74, 6) is -0.844. The Morgan fingerprint density at radius 3 is 2.56 bits per heavy atom. The molecule has 3 aromatic rings. The van der Waals surface area contributed by atoms with Crippen molar-refractivity contribution in [1.82, 2.24) is 0 Å². The first-order chi connectivity index (χ1) is 12.9. The van der Waals surface area contributed by atoms with Gasteiger partial charge in [-0.15, -0.1) is 0 Å². The molecule has 5 heteroatoms. The van der Waals surface area contributed by atoms with Crippen LogP contribution in [0.5, 0.6) is 0 Å². The van der Waals surface area contributed by atoms with Gasteiger partial charge >= 0.3 is 5.97 Å². The van der Waals surface area contributed by atoms with Crippen molar-refractivity contribution >= 4 is 39.9 Å². The molecular weight excluding hydrogens is 362 g/mol. The van der Waals surface area contributed by atoms with Gasteiger partial charge in [-0.3, -0.25) is 9.59 Å². The zero-order valence-corrected chi connectivity index (χ0v) is 15.9. The maximum atomic E-state index is 12.3. The second-order valence-electron chi connectivity index (χ2n) is 6.39. The van der Waals surface area contributed by atoms with E-state index in [1.54, 1.807) is 25.1 Å². The summed E-state index contributed by atoms with van der Waals surface area (Å²) in [5, 5.41) is 5.48. The molecule has 0 aliphatic heterocycles. The first-order valence-electron chi connectivity index (χ1n) is 8.67. The third kappa shape index (κ3) is 4.66. The molecule has 3 aromatic carbocycles. The average molecular weight is 382 g/mol. The van der Waals surface area contributed by atoms with Crippen molar-refractivity contribution in [3.05, 3.63) is 76.8 Å². The predicted octanol–water partition coefficient (Wildman–Crippen LogP) is 4.91. The van der Waals surface area contributed by atoms with Gasteiger partial charge in [0.2, 0.25) is 0 Å². The molecule has 1 amide bonds. The van der Waals surface area contributed by atoms with Gasteiger partial charge in [0.25, 0.3) is 5.91 Å². The van der Waals surface area contributed by atoms with Crippen LogP contribution in [0.4, 0.5) is 5.69 Å². The lowest BCUT2D eigenvalue weighted by atomic mass is 10.1. The van der Waals surface area contributed by atoms with E-state index < -0.39 is 18.0 Å². The van der Waals surface area contributed by atoms with Crippen LogP contribution in [0.3, 0.4) is 0 Å². The Labute approximate surface area is 163 Å². The van der Waals surface area contributed by atoms with E-state index in [2.05, 4.69) is 5.32 Å². The number of rotatable bonds is 5. The number of hydrogen-bond donors (Lipinski definition) is 1. The third-order valence-electron chi connectivity index (χ3n) is 4.37. The molecule has 0 aromatic heterocycles. The van der Waals surface area contributed by atoms with E-state index in [0.717, 1.165) is 21.9 Å². The lowest BCUT2D eigenvalue weighted by molar-refractivity contribution is -0.152. The van der Waals surface area contributed by atoms with Crippen LogP contribution in [0.25, 0.3) is 10.8 Å². The quantitative estimate of drug-likeness (QED) is 0.638. The highest BCUT2D eigenvalue weighted by molar-refractivity contribution is 6.31. The molecule has 0 saturated heterocycles. The number of nitrogens with one attached hydrogen (secondary N) is 1. The Kier molecular flexibility index (Phi) is 5.77. The molecule has 27 heavy (non-hydrogen) atoms. The SMILES string of the molecule is Cc1c(Cl)cccc1NC(=O)[C@H](C)OC(=O)Cc1ccc2ccccc2c1. The first-order valence-corrected chi connectivity index (χ1v) is 9.05. The van der Waals surface area contributed by atoms with E-state index in [1.165, 1.54) is 0 Å². The normalized spacial score (nSPS) is 11.8. The molecule has 0 heterocycles. The van der Waals surface area contributed by atoms with Gasteiger partial charge in [-0.25, -0.2) is 0 Å². The molecule has 0 radical (unpaired) electrons. The molecule has 0 spiro atoms. The number of amides is 1. The highest BCUT2D eigenvalue weighted by Gasteiger charge is 2.19. The van der Waals surface area contributed by atoms with Gasteiger partial charge in [0.05, 0.1) is 6.42 Å². The van der Waals surface area contributed by atoms with E-state index >= 15 is 0 Å². The smallest absolute Gasteiger partial charge is 0.311 e. The van der Waals surface area contributed by atoms with Gasteiger partial charge in [0.1, 0.15) is 0 Å². The van der Waals surface area contributed by atoms with E-state index in [0.29, 0.717) is 10.7 Å². The maximum Gasteiger partial charge on any atom is 0.311 e. The monoisotopic (exact) mass is 381 g/mol. The summed E-state index contributed by atoms with van der Waals surface area (Å²) in [6, 6.07) is 19.0. The van der Waals surface area contributed by atoms with E-state index in [1.807, 2.05) is 49.4 Å². The number of carbonyl (C=O) groups is 2. The summed E-state index contributed by atoms with van der Waals surface area (Å²) >= 11 is 6.06. The van der Waals surface area contributed by atoms with Crippen molar-refractivity contribution in [3.63, 3.8) is 0 Å². The Morgan fingerprint density at radius 1 is 1.04 bits per heavy atom. The fourth-order valence-electron chi connectivity index (χ4n) is 2.79. The summed E-state index contributed by atoms with van der Waals surface area (Å²) in [7, 11) is 0. The largest absolute Gasteiger partial charge is 0.452 e. The van der Waals surface area contributed by atoms with Crippen LogP contribution < -0.4 is 5.32 Å². The number of fused-ring (bicyclic) bond motifs is 1. The predicted molar refractivity (Wildman–Crippen MR) is 108 cm³/mol. The molecule has 1 N–H and O–H groups in total. The highest BCUT2D eigenvalue weighted by atomic mass is 35.5. The van der Waals surface area contributed by atoms with Crippen LogP contribution in [0.15, 0.2) is 60.7 Å². The van der Waals surface area contributed by atoms with Gasteiger partial charge in [0, 0.05) is 10.7 Å². The summed E-state index contributed by atoms with van der Waals surface area (Å²) in [6.07, 6.45) is -0.796. The number of esters is 1. The summed E-state index contributed by atoms with van der Waals surface area (Å²) in [5.41, 5.74) is 2.21. The maximum absolute atomic E-state index is 12.3. The van der Waals surface area contributed by atoms with Crippen molar-refractivity contribution < 1.29 is 14.3 Å². The zero-order valence-electron chi connectivity index (χ0n) is 15.2. The summed E-state index contributed by atoms with van der Waals surface area (Å²) < 4.78 is 5.29. The Bertz CT molecular complexity index is 1000. The molecule has 0 aliphatic rings. The topological polar surface area (TPSA) is 55.4 Å². The van der Waals surface area contributed by atoms with Gasteiger partial charge < -0.3 is 10.1 Å². The lowest BCUT2D eigenvalue weighted by Gasteiger charge is -2.15. The molecule has 3 rings (SSSR count). The molecular formula is C22H20ClNO3. The molecule has 0 unspecified atom stereocenters. The molecule has 0 saturated carbocycles. The number of hydrogen-bond acceptors (Lipinski definition) is 3. The Hall–Kier alpha value is -2.85. The molecule has 138 valence electrons. The zero-order chi connectivity index (χ0) is 19.4. The van der Waals surface area contributed by atoms with E-state index in [-0.39, 0.29) is 6.42 Å². The fourth-order valence-corrected chi connectivity index (χ4v) is 2.96.